The molecule has 6 heteroatoms. The molecule has 6 nitrogen and oxygen atoms in total. The second-order valence-electron chi connectivity index (χ2n) is 6.75. The lowest BCUT2D eigenvalue weighted by molar-refractivity contribution is -0.841. The van der Waals surface area contributed by atoms with E-state index in [9.17, 15) is 4.79 Å². The number of esters is 1. The van der Waals surface area contributed by atoms with Crippen LogP contribution in [0.25, 0.3) is 22.1 Å². The van der Waals surface area contributed by atoms with Gasteiger partial charge in [-0.05, 0) is 19.1 Å². The summed E-state index contributed by atoms with van der Waals surface area (Å²) in [5.74, 6) is 1.68. The van der Waals surface area contributed by atoms with E-state index >= 15 is 0 Å². The molecule has 0 amide bonds. The zero-order chi connectivity index (χ0) is 18.1. The number of fused-ring (bicyclic) bond motifs is 3. The number of aromatic nitrogens is 2. The number of para-hydroxylation sites is 1. The smallest absolute Gasteiger partial charge is 0.309 e. The molecule has 136 valence electrons. The fourth-order valence-electron chi connectivity index (χ4n) is 3.73. The summed E-state index contributed by atoms with van der Waals surface area (Å²) >= 11 is 0. The first-order chi connectivity index (χ1) is 12.7. The van der Waals surface area contributed by atoms with E-state index in [0.29, 0.717) is 6.61 Å². The number of carbonyl (C=O) groups excluding carboxylic acids is 1. The number of benzene rings is 1. The number of rotatable bonds is 4. The molecule has 4 rings (SSSR count). The Morgan fingerprint density at radius 1 is 1.23 bits per heavy atom. The summed E-state index contributed by atoms with van der Waals surface area (Å²) in [5, 5.41) is 1.03. The maximum atomic E-state index is 12.0. The van der Waals surface area contributed by atoms with Crippen molar-refractivity contribution in [1.82, 2.24) is 9.97 Å². The van der Waals surface area contributed by atoms with Gasteiger partial charge in [-0.1, -0.05) is 19.1 Å². The Morgan fingerprint density at radius 2 is 2.00 bits per heavy atom. The number of quaternary nitrogens is 1. The van der Waals surface area contributed by atoms with Crippen molar-refractivity contribution in [3.63, 3.8) is 0 Å². The molecule has 1 fully saturated rings. The molecule has 3 heterocycles. The predicted octanol–water partition coefficient (Wildman–Crippen LogP) is 2.43. The van der Waals surface area contributed by atoms with E-state index in [1.165, 1.54) is 4.90 Å². The molecule has 1 N–H and O–H groups in total. The van der Waals surface area contributed by atoms with Crippen LogP contribution in [-0.2, 0) is 16.0 Å². The minimum Gasteiger partial charge on any atom is -0.466 e. The number of hydrogen-bond acceptors (Lipinski definition) is 5. The van der Waals surface area contributed by atoms with Crippen LogP contribution in [0.15, 0.2) is 28.7 Å². The monoisotopic (exact) mass is 354 g/mol. The lowest BCUT2D eigenvalue weighted by Gasteiger charge is -2.27. The van der Waals surface area contributed by atoms with Gasteiger partial charge in [-0.15, -0.1) is 0 Å². The molecule has 0 radical (unpaired) electrons. The SMILES string of the molecule is CCOC(=O)C1CC[NH+](c2nc(CC)nc3c2oc2ccccc23)CC1. The fourth-order valence-corrected chi connectivity index (χ4v) is 3.73. The third-order valence-electron chi connectivity index (χ3n) is 5.13. The Morgan fingerprint density at radius 3 is 2.73 bits per heavy atom. The highest BCUT2D eigenvalue weighted by atomic mass is 16.5. The summed E-state index contributed by atoms with van der Waals surface area (Å²) in [6.45, 7) is 6.04. The summed E-state index contributed by atoms with van der Waals surface area (Å²) in [7, 11) is 0. The van der Waals surface area contributed by atoms with Crippen LogP contribution in [0, 0.1) is 5.92 Å². The van der Waals surface area contributed by atoms with Gasteiger partial charge >= 0.3 is 5.97 Å². The minimum atomic E-state index is -0.0719. The molecule has 2 aromatic heterocycles. The van der Waals surface area contributed by atoms with Gasteiger partial charge in [-0.2, -0.15) is 4.98 Å². The molecule has 0 saturated carbocycles. The van der Waals surface area contributed by atoms with Gasteiger partial charge in [0.25, 0.3) is 5.82 Å². The lowest BCUT2D eigenvalue weighted by atomic mass is 9.97. The quantitative estimate of drug-likeness (QED) is 0.729. The molecule has 0 bridgehead atoms. The maximum Gasteiger partial charge on any atom is 0.309 e. The molecule has 1 aliphatic rings. The number of piperidine rings is 1. The van der Waals surface area contributed by atoms with Gasteiger partial charge in [0.2, 0.25) is 5.58 Å². The first kappa shape index (κ1) is 17.0. The largest absolute Gasteiger partial charge is 0.466 e. The second kappa shape index (κ2) is 7.03. The van der Waals surface area contributed by atoms with Crippen molar-refractivity contribution < 1.29 is 18.8 Å². The molecule has 0 atom stereocenters. The molecule has 1 saturated heterocycles. The summed E-state index contributed by atoms with van der Waals surface area (Å²) in [5.41, 5.74) is 2.50. The van der Waals surface area contributed by atoms with Crippen LogP contribution in [0.4, 0.5) is 5.82 Å². The first-order valence-corrected chi connectivity index (χ1v) is 9.41. The minimum absolute atomic E-state index is 0.00246. The van der Waals surface area contributed by atoms with Crippen molar-refractivity contribution in [2.24, 2.45) is 5.92 Å². The number of ether oxygens (including phenoxy) is 1. The molecule has 3 aromatic rings. The zero-order valence-corrected chi connectivity index (χ0v) is 15.2. The average Bonchev–Trinajstić information content (AvgIpc) is 3.06. The van der Waals surface area contributed by atoms with Gasteiger partial charge < -0.3 is 9.15 Å². The second-order valence-corrected chi connectivity index (χ2v) is 6.75. The van der Waals surface area contributed by atoms with Crippen molar-refractivity contribution in [2.45, 2.75) is 33.1 Å². The van der Waals surface area contributed by atoms with Gasteiger partial charge in [-0.25, -0.2) is 4.98 Å². The number of carbonyl (C=O) groups is 1. The molecular weight excluding hydrogens is 330 g/mol. The summed E-state index contributed by atoms with van der Waals surface area (Å²) in [4.78, 5) is 22.8. The Bertz CT molecular complexity index is 942. The van der Waals surface area contributed by atoms with Crippen molar-refractivity contribution >= 4 is 33.9 Å². The van der Waals surface area contributed by atoms with Crippen molar-refractivity contribution in [3.05, 3.63) is 30.1 Å². The molecule has 26 heavy (non-hydrogen) atoms. The van der Waals surface area contributed by atoms with Crippen molar-refractivity contribution in [1.29, 1.82) is 0 Å². The first-order valence-electron chi connectivity index (χ1n) is 9.41. The number of aryl methyl sites for hydroxylation is 1. The van der Waals surface area contributed by atoms with E-state index in [4.69, 9.17) is 19.1 Å². The van der Waals surface area contributed by atoms with Gasteiger partial charge in [-0.3, -0.25) is 9.69 Å². The van der Waals surface area contributed by atoms with Crippen molar-refractivity contribution in [3.8, 4) is 0 Å². The highest BCUT2D eigenvalue weighted by Gasteiger charge is 2.32. The van der Waals surface area contributed by atoms with Gasteiger partial charge in [0.1, 0.15) is 16.9 Å². The van der Waals surface area contributed by atoms with E-state index in [0.717, 1.165) is 66.1 Å². The van der Waals surface area contributed by atoms with Gasteiger partial charge in [0.15, 0.2) is 0 Å². The average molecular weight is 354 g/mol. The maximum absolute atomic E-state index is 12.0. The molecule has 0 unspecified atom stereocenters. The normalized spacial score (nSPS) is 20.5. The summed E-state index contributed by atoms with van der Waals surface area (Å²) in [6.07, 6.45) is 2.39. The van der Waals surface area contributed by atoms with E-state index in [1.807, 2.05) is 31.2 Å². The number of hydrogen-bond donors (Lipinski definition) is 1. The number of nitrogens with one attached hydrogen (secondary N) is 1. The predicted molar refractivity (Wildman–Crippen MR) is 98.4 cm³/mol. The number of nitrogens with zero attached hydrogens (tertiary/aromatic N) is 2. The Balaban J connectivity index is 1.69. The summed E-state index contributed by atoms with van der Waals surface area (Å²) < 4.78 is 11.3. The molecule has 0 spiro atoms. The highest BCUT2D eigenvalue weighted by molar-refractivity contribution is 6.04. The Kier molecular flexibility index (Phi) is 4.59. The van der Waals surface area contributed by atoms with Crippen molar-refractivity contribution in [2.75, 3.05) is 19.7 Å². The van der Waals surface area contributed by atoms with Gasteiger partial charge in [0.05, 0.1) is 25.6 Å². The molecular formula is C20H24N3O3+. The van der Waals surface area contributed by atoms with Crippen LogP contribution in [0.3, 0.4) is 0 Å². The van der Waals surface area contributed by atoms with Crippen LogP contribution in [0.1, 0.15) is 32.5 Å². The highest BCUT2D eigenvalue weighted by Crippen LogP contribution is 2.30. The van der Waals surface area contributed by atoms with Crippen LogP contribution in [0.2, 0.25) is 0 Å². The van der Waals surface area contributed by atoms with E-state index < -0.39 is 0 Å². The van der Waals surface area contributed by atoms with E-state index in [1.54, 1.807) is 0 Å². The van der Waals surface area contributed by atoms with E-state index in [2.05, 4.69) is 6.92 Å². The molecule has 1 aliphatic heterocycles. The lowest BCUT2D eigenvalue weighted by Crippen LogP contribution is -3.08. The number of furan rings is 1. The molecule has 0 aliphatic carbocycles. The fraction of sp³-hybridized carbons (Fsp3) is 0.450. The van der Waals surface area contributed by atoms with Crippen LogP contribution < -0.4 is 4.90 Å². The summed E-state index contributed by atoms with van der Waals surface area (Å²) in [6, 6.07) is 7.98. The third kappa shape index (κ3) is 2.94. The zero-order valence-electron chi connectivity index (χ0n) is 15.2. The topological polar surface area (TPSA) is 69.7 Å². The van der Waals surface area contributed by atoms with Crippen LogP contribution in [-0.4, -0.2) is 35.6 Å². The standard InChI is InChI=1S/C20H23N3O3/c1-3-16-21-17-14-7-5-6-8-15(14)26-18(17)19(22-16)23-11-9-13(10-12-23)20(24)25-4-2/h5-8,13H,3-4,9-12H2,1-2H3/p+1. The molecule has 1 aromatic carbocycles. The van der Waals surface area contributed by atoms with Gasteiger partial charge in [0, 0.05) is 24.6 Å². The van der Waals surface area contributed by atoms with Crippen LogP contribution >= 0.6 is 0 Å². The Hall–Kier alpha value is -2.47. The Labute approximate surface area is 152 Å². The third-order valence-corrected chi connectivity index (χ3v) is 5.13. The van der Waals surface area contributed by atoms with Crippen LogP contribution in [0.5, 0.6) is 0 Å². The van der Waals surface area contributed by atoms with E-state index in [-0.39, 0.29) is 11.9 Å².